The van der Waals surface area contributed by atoms with E-state index < -0.39 is 0 Å². The van der Waals surface area contributed by atoms with Crippen molar-refractivity contribution in [3.63, 3.8) is 0 Å². The van der Waals surface area contributed by atoms with E-state index in [1.807, 2.05) is 45.9 Å². The van der Waals surface area contributed by atoms with Gasteiger partial charge in [0, 0.05) is 18.7 Å². The van der Waals surface area contributed by atoms with Crippen molar-refractivity contribution in [3.05, 3.63) is 34.9 Å². The first-order chi connectivity index (χ1) is 8.37. The highest BCUT2D eigenvalue weighted by molar-refractivity contribution is 5.95. The summed E-state index contributed by atoms with van der Waals surface area (Å²) in [5, 5.41) is 11.9. The first-order valence-corrected chi connectivity index (χ1v) is 6.33. The third-order valence-electron chi connectivity index (χ3n) is 3.37. The second kappa shape index (κ2) is 6.01. The van der Waals surface area contributed by atoms with Crippen LogP contribution in [-0.4, -0.2) is 24.2 Å². The number of rotatable bonds is 5. The summed E-state index contributed by atoms with van der Waals surface area (Å²) >= 11 is 0. The van der Waals surface area contributed by atoms with Crippen molar-refractivity contribution < 1.29 is 9.90 Å². The summed E-state index contributed by atoms with van der Waals surface area (Å²) in [5.41, 5.74) is 2.80. The molecule has 0 aliphatic rings. The lowest BCUT2D eigenvalue weighted by Crippen LogP contribution is -2.34. The molecule has 0 atom stereocenters. The number of aliphatic hydroxyl groups excluding tert-OH is 1. The maximum atomic E-state index is 12.1. The van der Waals surface area contributed by atoms with Crippen molar-refractivity contribution in [2.75, 3.05) is 13.2 Å². The summed E-state index contributed by atoms with van der Waals surface area (Å²) < 4.78 is 0. The Kier molecular flexibility index (Phi) is 4.91. The highest BCUT2D eigenvalue weighted by atomic mass is 16.3. The molecular weight excluding hydrogens is 226 g/mol. The van der Waals surface area contributed by atoms with Gasteiger partial charge in [0.1, 0.15) is 0 Å². The molecule has 0 saturated carbocycles. The molecule has 0 unspecified atom stereocenters. The average molecular weight is 249 g/mol. The summed E-state index contributed by atoms with van der Waals surface area (Å²) in [6, 6.07) is 5.74. The molecule has 0 heterocycles. The molecule has 1 amide bonds. The molecule has 1 rings (SSSR count). The Bertz CT molecular complexity index is 425. The number of hydrogen-bond acceptors (Lipinski definition) is 2. The molecule has 100 valence electrons. The number of carbonyl (C=O) groups is 1. The first kappa shape index (κ1) is 14.7. The van der Waals surface area contributed by atoms with Crippen molar-refractivity contribution in [1.82, 2.24) is 5.32 Å². The topological polar surface area (TPSA) is 49.3 Å². The lowest BCUT2D eigenvalue weighted by Gasteiger charge is -2.24. The van der Waals surface area contributed by atoms with Gasteiger partial charge in [0.25, 0.3) is 5.91 Å². The molecule has 0 aliphatic carbocycles. The predicted molar refractivity (Wildman–Crippen MR) is 73.7 cm³/mol. The molecule has 0 aliphatic heterocycles. The predicted octanol–water partition coefficient (Wildman–Crippen LogP) is 2.44. The fourth-order valence-electron chi connectivity index (χ4n) is 1.80. The van der Waals surface area contributed by atoms with Crippen LogP contribution in [0.25, 0.3) is 0 Å². The van der Waals surface area contributed by atoms with Gasteiger partial charge >= 0.3 is 0 Å². The molecule has 0 radical (unpaired) electrons. The Morgan fingerprint density at radius 2 is 2.00 bits per heavy atom. The number of benzene rings is 1. The Morgan fingerprint density at radius 1 is 1.33 bits per heavy atom. The van der Waals surface area contributed by atoms with E-state index in [1.54, 1.807) is 0 Å². The van der Waals surface area contributed by atoms with Crippen LogP contribution in [0, 0.1) is 19.3 Å². The van der Waals surface area contributed by atoms with Crippen LogP contribution in [-0.2, 0) is 0 Å². The molecular formula is C15H23NO2. The van der Waals surface area contributed by atoms with E-state index in [0.717, 1.165) is 16.7 Å². The van der Waals surface area contributed by atoms with Crippen molar-refractivity contribution in [3.8, 4) is 0 Å². The van der Waals surface area contributed by atoms with Gasteiger partial charge in [-0.1, -0.05) is 26.0 Å². The number of aliphatic hydroxyl groups is 1. The van der Waals surface area contributed by atoms with E-state index in [0.29, 0.717) is 13.0 Å². The lowest BCUT2D eigenvalue weighted by atomic mass is 9.89. The zero-order valence-electron chi connectivity index (χ0n) is 11.7. The Balaban J connectivity index is 2.69. The van der Waals surface area contributed by atoms with E-state index in [2.05, 4.69) is 5.32 Å². The van der Waals surface area contributed by atoms with E-state index in [9.17, 15) is 4.79 Å². The quantitative estimate of drug-likeness (QED) is 0.842. The number of aryl methyl sites for hydroxylation is 1. The third-order valence-corrected chi connectivity index (χ3v) is 3.37. The fraction of sp³-hybridized carbons (Fsp3) is 0.533. The first-order valence-electron chi connectivity index (χ1n) is 6.33. The van der Waals surface area contributed by atoms with Crippen LogP contribution in [0.2, 0.25) is 0 Å². The number of nitrogens with one attached hydrogen (secondary N) is 1. The van der Waals surface area contributed by atoms with Crippen LogP contribution in [0.1, 0.15) is 41.8 Å². The molecule has 0 spiro atoms. The fourth-order valence-corrected chi connectivity index (χ4v) is 1.80. The van der Waals surface area contributed by atoms with Crippen LogP contribution in [0.4, 0.5) is 0 Å². The van der Waals surface area contributed by atoms with Gasteiger partial charge in [-0.15, -0.1) is 0 Å². The second-order valence-electron chi connectivity index (χ2n) is 5.57. The standard InChI is InChI=1S/C15H23NO2/c1-11-6-5-7-13(12(11)2)14(18)16-10-15(3,4)8-9-17/h5-7,17H,8-10H2,1-4H3,(H,16,18). The maximum absolute atomic E-state index is 12.1. The largest absolute Gasteiger partial charge is 0.396 e. The summed E-state index contributed by atoms with van der Waals surface area (Å²) in [5.74, 6) is -0.0396. The van der Waals surface area contributed by atoms with Crippen LogP contribution in [0.3, 0.4) is 0 Å². The van der Waals surface area contributed by atoms with Gasteiger partial charge < -0.3 is 10.4 Å². The minimum Gasteiger partial charge on any atom is -0.396 e. The molecule has 2 N–H and O–H groups in total. The van der Waals surface area contributed by atoms with E-state index in [-0.39, 0.29) is 17.9 Å². The zero-order valence-corrected chi connectivity index (χ0v) is 11.7. The highest BCUT2D eigenvalue weighted by Crippen LogP contribution is 2.19. The molecule has 0 bridgehead atoms. The molecule has 0 fully saturated rings. The van der Waals surface area contributed by atoms with E-state index >= 15 is 0 Å². The lowest BCUT2D eigenvalue weighted by molar-refractivity contribution is 0.0927. The molecule has 0 saturated heterocycles. The smallest absolute Gasteiger partial charge is 0.251 e. The minimum atomic E-state index is -0.0812. The van der Waals surface area contributed by atoms with Gasteiger partial charge in [-0.2, -0.15) is 0 Å². The van der Waals surface area contributed by atoms with Gasteiger partial charge in [-0.05, 0) is 42.9 Å². The normalized spacial score (nSPS) is 11.4. The Labute approximate surface area is 109 Å². The molecule has 3 heteroatoms. The van der Waals surface area contributed by atoms with E-state index in [4.69, 9.17) is 5.11 Å². The van der Waals surface area contributed by atoms with Crippen molar-refractivity contribution in [2.24, 2.45) is 5.41 Å². The van der Waals surface area contributed by atoms with Crippen molar-refractivity contribution in [1.29, 1.82) is 0 Å². The van der Waals surface area contributed by atoms with Gasteiger partial charge in [0.05, 0.1) is 0 Å². The summed E-state index contributed by atoms with van der Waals surface area (Å²) in [7, 11) is 0. The van der Waals surface area contributed by atoms with Crippen LogP contribution in [0.5, 0.6) is 0 Å². The summed E-state index contributed by atoms with van der Waals surface area (Å²) in [6.07, 6.45) is 0.681. The minimum absolute atomic E-state index is 0.0396. The Hall–Kier alpha value is -1.35. The monoisotopic (exact) mass is 249 g/mol. The molecule has 3 nitrogen and oxygen atoms in total. The molecule has 18 heavy (non-hydrogen) atoms. The number of amides is 1. The van der Waals surface area contributed by atoms with E-state index in [1.165, 1.54) is 0 Å². The third kappa shape index (κ3) is 3.84. The number of hydrogen-bond donors (Lipinski definition) is 2. The summed E-state index contributed by atoms with van der Waals surface area (Å²) in [6.45, 7) is 8.75. The van der Waals surface area contributed by atoms with Gasteiger partial charge in [0.2, 0.25) is 0 Å². The summed E-state index contributed by atoms with van der Waals surface area (Å²) in [4.78, 5) is 12.1. The van der Waals surface area contributed by atoms with Gasteiger partial charge in [-0.25, -0.2) is 0 Å². The van der Waals surface area contributed by atoms with Crippen LogP contribution >= 0.6 is 0 Å². The van der Waals surface area contributed by atoms with Gasteiger partial charge in [0.15, 0.2) is 0 Å². The Morgan fingerprint density at radius 3 is 2.61 bits per heavy atom. The second-order valence-corrected chi connectivity index (χ2v) is 5.57. The van der Waals surface area contributed by atoms with Crippen molar-refractivity contribution >= 4 is 5.91 Å². The SMILES string of the molecule is Cc1cccc(C(=O)NCC(C)(C)CCO)c1C. The zero-order chi connectivity index (χ0) is 13.8. The molecule has 0 aromatic heterocycles. The highest BCUT2D eigenvalue weighted by Gasteiger charge is 2.19. The molecule has 1 aromatic rings. The maximum Gasteiger partial charge on any atom is 0.251 e. The van der Waals surface area contributed by atoms with Crippen LogP contribution in [0.15, 0.2) is 18.2 Å². The van der Waals surface area contributed by atoms with Crippen molar-refractivity contribution in [2.45, 2.75) is 34.1 Å². The molecule has 1 aromatic carbocycles. The number of carbonyl (C=O) groups excluding carboxylic acids is 1. The average Bonchev–Trinajstić information content (AvgIpc) is 2.30. The van der Waals surface area contributed by atoms with Gasteiger partial charge in [-0.3, -0.25) is 4.79 Å². The van der Waals surface area contributed by atoms with Crippen LogP contribution < -0.4 is 5.32 Å².